The van der Waals surface area contributed by atoms with E-state index in [2.05, 4.69) is 10.6 Å². The zero-order chi connectivity index (χ0) is 15.9. The first-order valence-electron chi connectivity index (χ1n) is 6.88. The summed E-state index contributed by atoms with van der Waals surface area (Å²) in [5.41, 5.74) is 1.44. The van der Waals surface area contributed by atoms with Crippen molar-refractivity contribution in [3.05, 3.63) is 65.5 Å². The SMILES string of the molecule is C[C@H](NC(=O)CNc1ccc(C#N)cc1F)c1ccccc1. The minimum atomic E-state index is -0.553. The van der Waals surface area contributed by atoms with Crippen LogP contribution in [0.4, 0.5) is 10.1 Å². The van der Waals surface area contributed by atoms with E-state index in [4.69, 9.17) is 5.26 Å². The van der Waals surface area contributed by atoms with Gasteiger partial charge in [0.25, 0.3) is 0 Å². The molecule has 0 saturated carbocycles. The second-order valence-electron chi connectivity index (χ2n) is 4.86. The van der Waals surface area contributed by atoms with Crippen molar-refractivity contribution in [2.45, 2.75) is 13.0 Å². The average molecular weight is 297 g/mol. The number of anilines is 1. The molecule has 2 aromatic carbocycles. The number of carbonyl (C=O) groups is 1. The van der Waals surface area contributed by atoms with Crippen LogP contribution in [-0.2, 0) is 4.79 Å². The van der Waals surface area contributed by atoms with E-state index in [0.717, 1.165) is 11.6 Å². The number of hydrogen-bond donors (Lipinski definition) is 2. The molecular formula is C17H16FN3O. The molecule has 22 heavy (non-hydrogen) atoms. The Balaban J connectivity index is 1.89. The maximum atomic E-state index is 13.7. The van der Waals surface area contributed by atoms with Crippen LogP contribution in [0.15, 0.2) is 48.5 Å². The van der Waals surface area contributed by atoms with Gasteiger partial charge >= 0.3 is 0 Å². The number of hydrogen-bond acceptors (Lipinski definition) is 3. The highest BCUT2D eigenvalue weighted by Crippen LogP contribution is 2.15. The van der Waals surface area contributed by atoms with Crippen LogP contribution in [-0.4, -0.2) is 12.5 Å². The molecule has 0 heterocycles. The number of carbonyl (C=O) groups excluding carboxylic acids is 1. The van der Waals surface area contributed by atoms with Crippen molar-refractivity contribution in [3.63, 3.8) is 0 Å². The van der Waals surface area contributed by atoms with Crippen LogP contribution < -0.4 is 10.6 Å². The third kappa shape index (κ3) is 4.06. The van der Waals surface area contributed by atoms with Crippen LogP contribution in [0.1, 0.15) is 24.1 Å². The summed E-state index contributed by atoms with van der Waals surface area (Å²) in [6, 6.07) is 15.4. The Morgan fingerprint density at radius 2 is 2.00 bits per heavy atom. The molecule has 0 radical (unpaired) electrons. The molecule has 4 nitrogen and oxygen atoms in total. The molecule has 2 N–H and O–H groups in total. The van der Waals surface area contributed by atoms with Crippen LogP contribution in [0, 0.1) is 17.1 Å². The summed E-state index contributed by atoms with van der Waals surface area (Å²) >= 11 is 0. The molecule has 0 aliphatic rings. The van der Waals surface area contributed by atoms with Gasteiger partial charge in [0.05, 0.1) is 29.9 Å². The van der Waals surface area contributed by atoms with Crippen LogP contribution in [0.3, 0.4) is 0 Å². The third-order valence-electron chi connectivity index (χ3n) is 3.21. The van der Waals surface area contributed by atoms with Gasteiger partial charge in [-0.25, -0.2) is 4.39 Å². The smallest absolute Gasteiger partial charge is 0.239 e. The standard InChI is InChI=1S/C17H16FN3O/c1-12(14-5-3-2-4-6-14)21-17(22)11-20-16-8-7-13(10-19)9-15(16)18/h2-9,12,20H,11H2,1H3,(H,21,22)/t12-/m0/s1. The number of benzene rings is 2. The third-order valence-corrected chi connectivity index (χ3v) is 3.21. The molecule has 0 aliphatic carbocycles. The quantitative estimate of drug-likeness (QED) is 0.891. The van der Waals surface area contributed by atoms with Crippen molar-refractivity contribution in [2.75, 3.05) is 11.9 Å². The minimum absolute atomic E-state index is 0.0417. The highest BCUT2D eigenvalue weighted by molar-refractivity contribution is 5.81. The van der Waals surface area contributed by atoms with E-state index in [1.165, 1.54) is 12.1 Å². The predicted molar refractivity (Wildman–Crippen MR) is 82.6 cm³/mol. The average Bonchev–Trinajstić information content (AvgIpc) is 2.54. The Hall–Kier alpha value is -2.87. The van der Waals surface area contributed by atoms with Gasteiger partial charge in [0.1, 0.15) is 5.82 Å². The van der Waals surface area contributed by atoms with E-state index in [9.17, 15) is 9.18 Å². The topological polar surface area (TPSA) is 64.9 Å². The normalized spacial score (nSPS) is 11.3. The van der Waals surface area contributed by atoms with Gasteiger partial charge in [-0.05, 0) is 30.7 Å². The van der Waals surface area contributed by atoms with Crippen molar-refractivity contribution in [1.29, 1.82) is 5.26 Å². The number of rotatable bonds is 5. The van der Waals surface area contributed by atoms with Gasteiger partial charge in [-0.15, -0.1) is 0 Å². The van der Waals surface area contributed by atoms with Crippen LogP contribution >= 0.6 is 0 Å². The maximum absolute atomic E-state index is 13.7. The lowest BCUT2D eigenvalue weighted by Gasteiger charge is -2.15. The second kappa shape index (κ2) is 7.23. The van der Waals surface area contributed by atoms with E-state index in [1.807, 2.05) is 43.3 Å². The summed E-state index contributed by atoms with van der Waals surface area (Å²) in [7, 11) is 0. The number of nitrogens with one attached hydrogen (secondary N) is 2. The molecule has 1 atom stereocenters. The number of amides is 1. The molecule has 0 aliphatic heterocycles. The monoisotopic (exact) mass is 297 g/mol. The van der Waals surface area contributed by atoms with Gasteiger partial charge < -0.3 is 10.6 Å². The van der Waals surface area contributed by atoms with Crippen molar-refractivity contribution < 1.29 is 9.18 Å². The fourth-order valence-corrected chi connectivity index (χ4v) is 2.02. The number of nitriles is 1. The summed E-state index contributed by atoms with van der Waals surface area (Å²) < 4.78 is 13.7. The van der Waals surface area contributed by atoms with Crippen LogP contribution in [0.5, 0.6) is 0 Å². The molecule has 112 valence electrons. The lowest BCUT2D eigenvalue weighted by Crippen LogP contribution is -2.32. The molecule has 0 unspecified atom stereocenters. The number of halogens is 1. The summed E-state index contributed by atoms with van der Waals surface area (Å²) in [4.78, 5) is 11.9. The lowest BCUT2D eigenvalue weighted by molar-refractivity contribution is -0.120. The van der Waals surface area contributed by atoms with Crippen LogP contribution in [0.25, 0.3) is 0 Å². The molecule has 0 spiro atoms. The maximum Gasteiger partial charge on any atom is 0.239 e. The van der Waals surface area contributed by atoms with Crippen molar-refractivity contribution in [1.82, 2.24) is 5.32 Å². The van der Waals surface area contributed by atoms with Gasteiger partial charge in [0.15, 0.2) is 0 Å². The first-order chi connectivity index (χ1) is 10.6. The Bertz CT molecular complexity index is 695. The Kier molecular flexibility index (Phi) is 5.10. The van der Waals surface area contributed by atoms with Crippen molar-refractivity contribution >= 4 is 11.6 Å². The van der Waals surface area contributed by atoms with E-state index >= 15 is 0 Å². The first kappa shape index (κ1) is 15.5. The lowest BCUT2D eigenvalue weighted by atomic mass is 10.1. The zero-order valence-corrected chi connectivity index (χ0v) is 12.1. The van der Waals surface area contributed by atoms with Crippen molar-refractivity contribution in [3.8, 4) is 6.07 Å². The van der Waals surface area contributed by atoms with Gasteiger partial charge in [0, 0.05) is 0 Å². The molecular weight excluding hydrogens is 281 g/mol. The molecule has 0 bridgehead atoms. The molecule has 0 saturated heterocycles. The molecule has 2 rings (SSSR count). The van der Waals surface area contributed by atoms with Crippen LogP contribution in [0.2, 0.25) is 0 Å². The molecule has 0 fully saturated rings. The highest BCUT2D eigenvalue weighted by atomic mass is 19.1. The van der Waals surface area contributed by atoms with E-state index in [0.29, 0.717) is 0 Å². The molecule has 2 aromatic rings. The zero-order valence-electron chi connectivity index (χ0n) is 12.1. The Morgan fingerprint density at radius 1 is 1.27 bits per heavy atom. The van der Waals surface area contributed by atoms with Crippen molar-refractivity contribution in [2.24, 2.45) is 0 Å². The molecule has 0 aromatic heterocycles. The fourth-order valence-electron chi connectivity index (χ4n) is 2.02. The summed E-state index contributed by atoms with van der Waals surface area (Å²) in [6.45, 7) is 1.84. The largest absolute Gasteiger partial charge is 0.374 e. The Morgan fingerprint density at radius 3 is 2.64 bits per heavy atom. The summed E-state index contributed by atoms with van der Waals surface area (Å²) in [5.74, 6) is -0.789. The molecule has 1 amide bonds. The summed E-state index contributed by atoms with van der Waals surface area (Å²) in [5, 5.41) is 14.2. The Labute approximate surface area is 128 Å². The van der Waals surface area contributed by atoms with Gasteiger partial charge in [-0.2, -0.15) is 5.26 Å². The van der Waals surface area contributed by atoms with E-state index in [1.54, 1.807) is 0 Å². The van der Waals surface area contributed by atoms with E-state index < -0.39 is 5.82 Å². The summed E-state index contributed by atoms with van der Waals surface area (Å²) in [6.07, 6.45) is 0. The van der Waals surface area contributed by atoms with E-state index in [-0.39, 0.29) is 29.7 Å². The first-order valence-corrected chi connectivity index (χ1v) is 6.88. The van der Waals surface area contributed by atoms with Gasteiger partial charge in [0.2, 0.25) is 5.91 Å². The highest BCUT2D eigenvalue weighted by Gasteiger charge is 2.10. The fraction of sp³-hybridized carbons (Fsp3) is 0.176. The second-order valence-corrected chi connectivity index (χ2v) is 4.86. The minimum Gasteiger partial charge on any atom is -0.374 e. The van der Waals surface area contributed by atoms with Gasteiger partial charge in [-0.3, -0.25) is 4.79 Å². The predicted octanol–water partition coefficient (Wildman–Crippen LogP) is 2.99. The van der Waals surface area contributed by atoms with Gasteiger partial charge in [-0.1, -0.05) is 30.3 Å². The number of nitrogens with zero attached hydrogens (tertiary/aromatic N) is 1. The molecule has 5 heteroatoms.